The molecule has 8 nitrogen and oxygen atoms in total. The topological polar surface area (TPSA) is 129 Å². The lowest BCUT2D eigenvalue weighted by atomic mass is 10.1. The van der Waals surface area contributed by atoms with E-state index >= 15 is 0 Å². The van der Waals surface area contributed by atoms with Crippen molar-refractivity contribution in [2.75, 3.05) is 0 Å². The number of aliphatic carboxylic acids is 1. The first-order valence-corrected chi connectivity index (χ1v) is 8.42. The van der Waals surface area contributed by atoms with Crippen LogP contribution in [0.5, 0.6) is 17.2 Å². The molecule has 134 valence electrons. The molecule has 0 amide bonds. The van der Waals surface area contributed by atoms with Crippen LogP contribution in [0, 0.1) is 0 Å². The third-order valence-electron chi connectivity index (χ3n) is 3.61. The molecule has 0 aliphatic heterocycles. The molecule has 1 aromatic heterocycles. The summed E-state index contributed by atoms with van der Waals surface area (Å²) in [5.41, 5.74) is 0.989. The number of hydrogen-bond acceptors (Lipinski definition) is 7. The number of carboxylic acids is 1. The fraction of sp³-hybridized carbons (Fsp3) is 0.118. The molecule has 0 radical (unpaired) electrons. The molecule has 0 aliphatic carbocycles. The van der Waals surface area contributed by atoms with Crippen LogP contribution in [-0.4, -0.2) is 46.4 Å². The summed E-state index contributed by atoms with van der Waals surface area (Å²) in [6, 6.07) is 11.5. The summed E-state index contributed by atoms with van der Waals surface area (Å²) < 4.78 is 1.62. The Balaban J connectivity index is 2.17. The average molecular weight is 373 g/mol. The van der Waals surface area contributed by atoms with Gasteiger partial charge in [-0.1, -0.05) is 30.0 Å². The normalized spacial score (nSPS) is 12.0. The van der Waals surface area contributed by atoms with Gasteiger partial charge < -0.3 is 20.4 Å². The summed E-state index contributed by atoms with van der Waals surface area (Å²) in [7, 11) is 0. The van der Waals surface area contributed by atoms with E-state index in [1.807, 2.05) is 6.07 Å². The number of para-hydroxylation sites is 1. The lowest BCUT2D eigenvalue weighted by Crippen LogP contribution is -2.12. The van der Waals surface area contributed by atoms with Crippen molar-refractivity contribution >= 4 is 17.7 Å². The Morgan fingerprint density at radius 3 is 2.27 bits per heavy atom. The Kier molecular flexibility index (Phi) is 4.72. The Bertz CT molecular complexity index is 935. The van der Waals surface area contributed by atoms with Crippen molar-refractivity contribution in [1.82, 2.24) is 14.8 Å². The van der Waals surface area contributed by atoms with Crippen LogP contribution in [0.3, 0.4) is 0 Å². The molecule has 3 rings (SSSR count). The van der Waals surface area contributed by atoms with Crippen LogP contribution in [-0.2, 0) is 4.79 Å². The summed E-state index contributed by atoms with van der Waals surface area (Å²) in [6.07, 6.45) is 0. The number of hydrogen-bond donors (Lipinski definition) is 4. The Morgan fingerprint density at radius 1 is 1.08 bits per heavy atom. The zero-order valence-corrected chi connectivity index (χ0v) is 14.4. The van der Waals surface area contributed by atoms with Crippen LogP contribution < -0.4 is 0 Å². The molecule has 0 saturated carbocycles. The van der Waals surface area contributed by atoms with Crippen molar-refractivity contribution in [3.05, 3.63) is 42.5 Å². The van der Waals surface area contributed by atoms with Gasteiger partial charge in [-0.3, -0.25) is 9.36 Å². The second kappa shape index (κ2) is 6.96. The van der Waals surface area contributed by atoms with Gasteiger partial charge in [0.05, 0.1) is 0 Å². The number of aromatic nitrogens is 3. The van der Waals surface area contributed by atoms with Crippen molar-refractivity contribution < 1.29 is 25.2 Å². The molecule has 1 heterocycles. The Morgan fingerprint density at radius 2 is 1.69 bits per heavy atom. The van der Waals surface area contributed by atoms with Crippen molar-refractivity contribution in [3.8, 4) is 34.3 Å². The lowest BCUT2D eigenvalue weighted by Gasteiger charge is -2.12. The highest BCUT2D eigenvalue weighted by Gasteiger charge is 2.22. The van der Waals surface area contributed by atoms with Gasteiger partial charge in [-0.15, -0.1) is 10.2 Å². The van der Waals surface area contributed by atoms with E-state index in [9.17, 15) is 20.1 Å². The van der Waals surface area contributed by atoms with E-state index < -0.39 is 28.5 Å². The first kappa shape index (κ1) is 17.6. The average Bonchev–Trinajstić information content (AvgIpc) is 3.03. The SMILES string of the molecule is CC(Sc1nnc(-c2cc(O)c(O)c(O)c2)n1-c1ccccc1)C(=O)O. The van der Waals surface area contributed by atoms with Gasteiger partial charge in [0, 0.05) is 11.3 Å². The van der Waals surface area contributed by atoms with Gasteiger partial charge in [0.1, 0.15) is 5.25 Å². The van der Waals surface area contributed by atoms with Crippen LogP contribution in [0.4, 0.5) is 0 Å². The monoisotopic (exact) mass is 373 g/mol. The predicted octanol–water partition coefficient (Wildman–Crippen LogP) is 2.62. The first-order chi connectivity index (χ1) is 12.4. The minimum Gasteiger partial charge on any atom is -0.504 e. The van der Waals surface area contributed by atoms with Gasteiger partial charge in [-0.05, 0) is 31.2 Å². The molecule has 4 N–H and O–H groups in total. The summed E-state index contributed by atoms with van der Waals surface area (Å²) in [5, 5.41) is 46.0. The number of aromatic hydroxyl groups is 3. The van der Waals surface area contributed by atoms with Crippen LogP contribution in [0.15, 0.2) is 47.6 Å². The molecule has 0 aliphatic rings. The smallest absolute Gasteiger partial charge is 0.316 e. The molecule has 3 aromatic rings. The molecule has 1 atom stereocenters. The summed E-state index contributed by atoms with van der Waals surface area (Å²) in [5.74, 6) is -2.35. The third kappa shape index (κ3) is 3.29. The number of phenols is 3. The number of phenolic OH excluding ortho intramolecular Hbond substituents is 3. The largest absolute Gasteiger partial charge is 0.504 e. The van der Waals surface area contributed by atoms with E-state index in [0.717, 1.165) is 11.8 Å². The zero-order valence-electron chi connectivity index (χ0n) is 13.6. The molecular weight excluding hydrogens is 358 g/mol. The maximum atomic E-state index is 11.2. The number of benzene rings is 2. The molecular formula is C17H15N3O5S. The fourth-order valence-electron chi connectivity index (χ4n) is 2.28. The lowest BCUT2D eigenvalue weighted by molar-refractivity contribution is -0.136. The molecule has 0 saturated heterocycles. The summed E-state index contributed by atoms with van der Waals surface area (Å²) in [4.78, 5) is 11.2. The van der Waals surface area contributed by atoms with E-state index in [1.54, 1.807) is 28.8 Å². The molecule has 0 spiro atoms. The third-order valence-corrected chi connectivity index (χ3v) is 4.64. The minimum absolute atomic E-state index is 0.280. The van der Waals surface area contributed by atoms with Gasteiger partial charge in [0.25, 0.3) is 0 Å². The summed E-state index contributed by atoms with van der Waals surface area (Å²) in [6.45, 7) is 1.54. The standard InChI is InChI=1S/C17H15N3O5S/c1-9(16(24)25)26-17-19-18-15(20(17)11-5-3-2-4-6-11)10-7-12(21)14(23)13(22)8-10/h2-9,21-23H,1H3,(H,24,25). The molecule has 9 heteroatoms. The van der Waals surface area contributed by atoms with E-state index in [1.165, 1.54) is 19.1 Å². The van der Waals surface area contributed by atoms with Crippen LogP contribution in [0.2, 0.25) is 0 Å². The molecule has 0 fully saturated rings. The Labute approximate surface area is 152 Å². The molecule has 2 aromatic carbocycles. The number of nitrogens with zero attached hydrogens (tertiary/aromatic N) is 3. The maximum absolute atomic E-state index is 11.2. The van der Waals surface area contributed by atoms with E-state index in [2.05, 4.69) is 10.2 Å². The van der Waals surface area contributed by atoms with E-state index in [4.69, 9.17) is 5.11 Å². The quantitative estimate of drug-likeness (QED) is 0.397. The van der Waals surface area contributed by atoms with Crippen LogP contribution in [0.25, 0.3) is 17.1 Å². The van der Waals surface area contributed by atoms with Crippen LogP contribution in [0.1, 0.15) is 6.92 Å². The first-order valence-electron chi connectivity index (χ1n) is 7.54. The highest BCUT2D eigenvalue weighted by atomic mass is 32.2. The molecule has 26 heavy (non-hydrogen) atoms. The van der Waals surface area contributed by atoms with Crippen molar-refractivity contribution in [1.29, 1.82) is 0 Å². The van der Waals surface area contributed by atoms with Crippen molar-refractivity contribution in [2.45, 2.75) is 17.3 Å². The second-order valence-corrected chi connectivity index (χ2v) is 6.75. The van der Waals surface area contributed by atoms with E-state index in [0.29, 0.717) is 16.4 Å². The number of carbonyl (C=O) groups is 1. The molecule has 0 bridgehead atoms. The van der Waals surface area contributed by atoms with Gasteiger partial charge in [0.15, 0.2) is 28.2 Å². The maximum Gasteiger partial charge on any atom is 0.316 e. The van der Waals surface area contributed by atoms with Crippen molar-refractivity contribution in [2.24, 2.45) is 0 Å². The number of rotatable bonds is 5. The van der Waals surface area contributed by atoms with Gasteiger partial charge in [-0.25, -0.2) is 0 Å². The minimum atomic E-state index is -0.987. The van der Waals surface area contributed by atoms with Gasteiger partial charge >= 0.3 is 5.97 Å². The van der Waals surface area contributed by atoms with Crippen molar-refractivity contribution in [3.63, 3.8) is 0 Å². The van der Waals surface area contributed by atoms with E-state index in [-0.39, 0.29) is 5.82 Å². The highest BCUT2D eigenvalue weighted by molar-refractivity contribution is 8.00. The zero-order chi connectivity index (χ0) is 18.8. The number of thioether (sulfide) groups is 1. The second-order valence-electron chi connectivity index (χ2n) is 5.44. The van der Waals surface area contributed by atoms with Crippen LogP contribution >= 0.6 is 11.8 Å². The predicted molar refractivity (Wildman–Crippen MR) is 94.7 cm³/mol. The summed E-state index contributed by atoms with van der Waals surface area (Å²) >= 11 is 1.02. The molecule has 1 unspecified atom stereocenters. The van der Waals surface area contributed by atoms with Gasteiger partial charge in [-0.2, -0.15) is 0 Å². The Hall–Kier alpha value is -3.20. The van der Waals surface area contributed by atoms with Gasteiger partial charge in [0.2, 0.25) is 0 Å². The number of carboxylic acid groups (broad SMARTS) is 1. The highest BCUT2D eigenvalue weighted by Crippen LogP contribution is 2.39. The fourth-order valence-corrected chi connectivity index (χ4v) is 3.09.